The molecule has 3 rings (SSSR count). The summed E-state index contributed by atoms with van der Waals surface area (Å²) < 4.78 is 3.79. The maximum atomic E-state index is 11.3. The molecule has 0 spiro atoms. The number of halogens is 2. The molecule has 0 bridgehead atoms. The number of carbonyl (C=O) groups is 1. The van der Waals surface area contributed by atoms with E-state index in [1.165, 1.54) is 0 Å². The lowest BCUT2D eigenvalue weighted by atomic mass is 10.2. The Morgan fingerprint density at radius 1 is 1.42 bits per heavy atom. The Kier molecular flexibility index (Phi) is 3.38. The molecule has 0 fully saturated rings. The van der Waals surface area contributed by atoms with Crippen LogP contribution in [0.5, 0.6) is 0 Å². The van der Waals surface area contributed by atoms with Crippen molar-refractivity contribution in [2.24, 2.45) is 0 Å². The molecule has 4 nitrogen and oxygen atoms in total. The van der Waals surface area contributed by atoms with Gasteiger partial charge in [-0.05, 0) is 76.0 Å². The summed E-state index contributed by atoms with van der Waals surface area (Å²) >= 11 is 5.75. The summed E-state index contributed by atoms with van der Waals surface area (Å²) in [5.41, 5.74) is 3.01. The SMILES string of the molecule is O=C(O)c1nn(-c2cc(I)ccc2Br)c2c1CCC2. The van der Waals surface area contributed by atoms with Crippen LogP contribution in [0.3, 0.4) is 0 Å². The highest BCUT2D eigenvalue weighted by Crippen LogP contribution is 2.31. The highest BCUT2D eigenvalue weighted by atomic mass is 127. The van der Waals surface area contributed by atoms with Gasteiger partial charge < -0.3 is 5.11 Å². The summed E-state index contributed by atoms with van der Waals surface area (Å²) in [4.78, 5) is 11.3. The quantitative estimate of drug-likeness (QED) is 0.739. The zero-order chi connectivity index (χ0) is 13.6. The molecule has 0 radical (unpaired) electrons. The van der Waals surface area contributed by atoms with Gasteiger partial charge in [0.15, 0.2) is 5.69 Å². The third kappa shape index (κ3) is 2.20. The van der Waals surface area contributed by atoms with E-state index in [4.69, 9.17) is 0 Å². The van der Waals surface area contributed by atoms with Gasteiger partial charge in [-0.2, -0.15) is 5.10 Å². The molecule has 19 heavy (non-hydrogen) atoms. The van der Waals surface area contributed by atoms with Crippen molar-refractivity contribution in [1.82, 2.24) is 9.78 Å². The first-order chi connectivity index (χ1) is 9.08. The Bertz CT molecular complexity index is 682. The highest BCUT2D eigenvalue weighted by molar-refractivity contribution is 14.1. The van der Waals surface area contributed by atoms with Crippen LogP contribution < -0.4 is 0 Å². The number of aromatic carboxylic acids is 1. The molecular weight excluding hydrogens is 423 g/mol. The number of hydrogen-bond donors (Lipinski definition) is 1. The van der Waals surface area contributed by atoms with Crippen LogP contribution in [0.2, 0.25) is 0 Å². The van der Waals surface area contributed by atoms with Crippen molar-refractivity contribution in [3.63, 3.8) is 0 Å². The van der Waals surface area contributed by atoms with Gasteiger partial charge in [-0.3, -0.25) is 0 Å². The van der Waals surface area contributed by atoms with Gasteiger partial charge in [-0.25, -0.2) is 9.48 Å². The van der Waals surface area contributed by atoms with Gasteiger partial charge in [0.05, 0.1) is 5.69 Å². The Labute approximate surface area is 132 Å². The molecule has 1 aromatic heterocycles. The summed E-state index contributed by atoms with van der Waals surface area (Å²) in [7, 11) is 0. The first-order valence-corrected chi connectivity index (χ1v) is 7.74. The molecular formula is C13H10BrIN2O2. The fourth-order valence-corrected chi connectivity index (χ4v) is 3.35. The minimum atomic E-state index is -0.946. The van der Waals surface area contributed by atoms with Crippen molar-refractivity contribution in [3.8, 4) is 5.69 Å². The lowest BCUT2D eigenvalue weighted by Crippen LogP contribution is -2.05. The molecule has 1 aliphatic rings. The normalized spacial score (nSPS) is 13.6. The smallest absolute Gasteiger partial charge is 0.356 e. The second kappa shape index (κ2) is 4.90. The van der Waals surface area contributed by atoms with Crippen molar-refractivity contribution < 1.29 is 9.90 Å². The number of carboxylic acids is 1. The van der Waals surface area contributed by atoms with Gasteiger partial charge >= 0.3 is 5.97 Å². The van der Waals surface area contributed by atoms with Crippen LogP contribution in [0.15, 0.2) is 22.7 Å². The van der Waals surface area contributed by atoms with Crippen LogP contribution in [0.4, 0.5) is 0 Å². The maximum absolute atomic E-state index is 11.3. The summed E-state index contributed by atoms with van der Waals surface area (Å²) in [5.74, 6) is -0.946. The Morgan fingerprint density at radius 2 is 2.21 bits per heavy atom. The van der Waals surface area contributed by atoms with Crippen LogP contribution in [0.25, 0.3) is 5.69 Å². The van der Waals surface area contributed by atoms with E-state index < -0.39 is 5.97 Å². The topological polar surface area (TPSA) is 55.1 Å². The van der Waals surface area contributed by atoms with E-state index in [1.807, 2.05) is 18.2 Å². The molecule has 1 heterocycles. The third-order valence-corrected chi connectivity index (χ3v) is 4.61. The average molecular weight is 433 g/mol. The van der Waals surface area contributed by atoms with E-state index in [1.54, 1.807) is 4.68 Å². The number of rotatable bonds is 2. The van der Waals surface area contributed by atoms with Crippen molar-refractivity contribution in [2.75, 3.05) is 0 Å². The first-order valence-electron chi connectivity index (χ1n) is 5.87. The molecule has 0 saturated carbocycles. The van der Waals surface area contributed by atoms with E-state index in [0.717, 1.165) is 44.3 Å². The number of fused-ring (bicyclic) bond motifs is 1. The summed E-state index contributed by atoms with van der Waals surface area (Å²) in [6.45, 7) is 0. The molecule has 0 unspecified atom stereocenters. The van der Waals surface area contributed by atoms with Crippen LogP contribution in [0, 0.1) is 3.57 Å². The Hall–Kier alpha value is -0.890. The van der Waals surface area contributed by atoms with Gasteiger partial charge in [0.2, 0.25) is 0 Å². The zero-order valence-electron chi connectivity index (χ0n) is 9.86. The van der Waals surface area contributed by atoms with Gasteiger partial charge in [-0.15, -0.1) is 0 Å². The Morgan fingerprint density at radius 3 is 2.95 bits per heavy atom. The fraction of sp³-hybridized carbons (Fsp3) is 0.231. The van der Waals surface area contributed by atoms with E-state index >= 15 is 0 Å². The van der Waals surface area contributed by atoms with Crippen LogP contribution in [0.1, 0.15) is 28.2 Å². The lowest BCUT2D eigenvalue weighted by Gasteiger charge is -2.08. The lowest BCUT2D eigenvalue weighted by molar-refractivity contribution is 0.0689. The molecule has 0 amide bonds. The average Bonchev–Trinajstić information content (AvgIpc) is 2.93. The second-order valence-corrected chi connectivity index (χ2v) is 6.54. The van der Waals surface area contributed by atoms with E-state index in [9.17, 15) is 9.90 Å². The molecule has 0 aliphatic heterocycles. The van der Waals surface area contributed by atoms with Crippen LogP contribution in [-0.2, 0) is 12.8 Å². The maximum Gasteiger partial charge on any atom is 0.356 e. The number of nitrogens with zero attached hydrogens (tertiary/aromatic N) is 2. The van der Waals surface area contributed by atoms with Gasteiger partial charge in [0, 0.05) is 19.3 Å². The number of hydrogen-bond acceptors (Lipinski definition) is 2. The molecule has 1 N–H and O–H groups in total. The highest BCUT2D eigenvalue weighted by Gasteiger charge is 2.27. The predicted molar refractivity (Wildman–Crippen MR) is 83.0 cm³/mol. The van der Waals surface area contributed by atoms with Crippen LogP contribution in [-0.4, -0.2) is 20.9 Å². The third-order valence-electron chi connectivity index (χ3n) is 3.27. The van der Waals surface area contributed by atoms with Crippen molar-refractivity contribution >= 4 is 44.5 Å². The minimum Gasteiger partial charge on any atom is -0.476 e. The van der Waals surface area contributed by atoms with Gasteiger partial charge in [0.25, 0.3) is 0 Å². The van der Waals surface area contributed by atoms with E-state index in [0.29, 0.717) is 0 Å². The molecule has 98 valence electrons. The summed E-state index contributed by atoms with van der Waals surface area (Å²) in [6, 6.07) is 5.96. The fourth-order valence-electron chi connectivity index (χ4n) is 2.46. The molecule has 1 aliphatic carbocycles. The molecule has 6 heteroatoms. The standard InChI is InChI=1S/C13H10BrIN2O2/c14-9-5-4-7(15)6-11(9)17-10-3-1-2-8(10)12(16-17)13(18)19/h4-6H,1-3H2,(H,18,19). The first kappa shape index (κ1) is 13.1. The zero-order valence-corrected chi connectivity index (χ0v) is 13.6. The number of benzene rings is 1. The van der Waals surface area contributed by atoms with Crippen LogP contribution >= 0.6 is 38.5 Å². The van der Waals surface area contributed by atoms with Crippen molar-refractivity contribution in [2.45, 2.75) is 19.3 Å². The van der Waals surface area contributed by atoms with Crippen molar-refractivity contribution in [3.05, 3.63) is 43.2 Å². The van der Waals surface area contributed by atoms with Crippen molar-refractivity contribution in [1.29, 1.82) is 0 Å². The predicted octanol–water partition coefficient (Wildman–Crippen LogP) is 3.43. The molecule has 1 aromatic carbocycles. The number of carboxylic acid groups (broad SMARTS) is 1. The Balaban J connectivity index is 2.23. The monoisotopic (exact) mass is 432 g/mol. The summed E-state index contributed by atoms with van der Waals surface area (Å²) in [6.07, 6.45) is 2.68. The van der Waals surface area contributed by atoms with Gasteiger partial charge in [0.1, 0.15) is 0 Å². The number of aromatic nitrogens is 2. The molecule has 0 saturated heterocycles. The largest absolute Gasteiger partial charge is 0.476 e. The summed E-state index contributed by atoms with van der Waals surface area (Å²) in [5, 5.41) is 13.5. The molecule has 2 aromatic rings. The van der Waals surface area contributed by atoms with Gasteiger partial charge in [-0.1, -0.05) is 0 Å². The van der Waals surface area contributed by atoms with E-state index in [2.05, 4.69) is 43.6 Å². The van der Waals surface area contributed by atoms with E-state index in [-0.39, 0.29) is 5.69 Å². The molecule has 0 atom stereocenters. The minimum absolute atomic E-state index is 0.193. The second-order valence-electron chi connectivity index (χ2n) is 4.44.